The summed E-state index contributed by atoms with van der Waals surface area (Å²) in [4.78, 5) is 24.5. The van der Waals surface area contributed by atoms with Crippen LogP contribution in [0, 0.1) is 0 Å². The predicted octanol–water partition coefficient (Wildman–Crippen LogP) is 2.13. The van der Waals surface area contributed by atoms with E-state index in [1.54, 1.807) is 24.4 Å². The molecule has 1 aliphatic heterocycles. The average Bonchev–Trinajstić information content (AvgIpc) is 2.54. The van der Waals surface area contributed by atoms with Crippen LogP contribution in [0.4, 0.5) is 0 Å². The van der Waals surface area contributed by atoms with Crippen LogP contribution in [0.2, 0.25) is 0 Å². The molecule has 0 aromatic heterocycles. The quantitative estimate of drug-likeness (QED) is 0.716. The normalized spacial score (nSPS) is 15.0. The Balaban J connectivity index is 2.23. The number of allylic oxidation sites excluding steroid dienone is 2. The predicted molar refractivity (Wildman–Crippen MR) is 60.5 cm³/mol. The van der Waals surface area contributed by atoms with Crippen molar-refractivity contribution in [3.05, 3.63) is 60.4 Å². The van der Waals surface area contributed by atoms with Crippen LogP contribution in [-0.4, -0.2) is 16.6 Å². The van der Waals surface area contributed by atoms with E-state index in [1.807, 2.05) is 18.2 Å². The van der Waals surface area contributed by atoms with Crippen LogP contribution in [-0.2, 0) is 4.79 Å². The highest BCUT2D eigenvalue weighted by molar-refractivity contribution is 5.97. The minimum atomic E-state index is -0.136. The van der Waals surface area contributed by atoms with Gasteiger partial charge in [-0.15, -0.1) is 0 Å². The fraction of sp³-hybridized carbons (Fsp3) is 0.0769. The molecule has 3 heteroatoms. The smallest absolute Gasteiger partial charge is 0.261 e. The minimum absolute atomic E-state index is 0.000360. The van der Waals surface area contributed by atoms with Crippen LogP contribution in [0.15, 0.2) is 54.9 Å². The van der Waals surface area contributed by atoms with E-state index in [0.717, 1.165) is 0 Å². The highest BCUT2D eigenvalue weighted by Gasteiger charge is 2.12. The van der Waals surface area contributed by atoms with E-state index in [9.17, 15) is 9.59 Å². The van der Waals surface area contributed by atoms with Gasteiger partial charge in [0.15, 0.2) is 5.78 Å². The molecule has 1 heterocycles. The first-order chi connectivity index (χ1) is 7.77. The van der Waals surface area contributed by atoms with E-state index in [-0.39, 0.29) is 11.7 Å². The van der Waals surface area contributed by atoms with Gasteiger partial charge < -0.3 is 0 Å². The number of hydrogen-bond acceptors (Lipinski definition) is 2. The molecule has 0 radical (unpaired) electrons. The summed E-state index contributed by atoms with van der Waals surface area (Å²) in [5, 5.41) is 0. The summed E-state index contributed by atoms with van der Waals surface area (Å²) in [5.41, 5.74) is 0.603. The van der Waals surface area contributed by atoms with E-state index in [0.29, 0.717) is 12.0 Å². The van der Waals surface area contributed by atoms with Crippen molar-refractivity contribution >= 4 is 11.7 Å². The summed E-state index contributed by atoms with van der Waals surface area (Å²) in [6, 6.07) is 8.97. The molecule has 0 atom stereocenters. The zero-order chi connectivity index (χ0) is 11.4. The molecule has 2 rings (SSSR count). The zero-order valence-corrected chi connectivity index (χ0v) is 8.67. The number of nitrogens with zero attached hydrogens (tertiary/aromatic N) is 1. The number of carbonyl (C=O) groups is 2. The Kier molecular flexibility index (Phi) is 2.96. The molecule has 0 fully saturated rings. The van der Waals surface area contributed by atoms with Crippen molar-refractivity contribution < 1.29 is 9.59 Å². The molecule has 0 spiro atoms. The molecule has 1 aromatic carbocycles. The van der Waals surface area contributed by atoms with Crippen molar-refractivity contribution in [2.24, 2.45) is 0 Å². The van der Waals surface area contributed by atoms with Gasteiger partial charge in [-0.2, -0.15) is 0 Å². The Hall–Kier alpha value is -2.16. The fourth-order valence-corrected chi connectivity index (χ4v) is 1.43. The lowest BCUT2D eigenvalue weighted by Gasteiger charge is -2.12. The van der Waals surface area contributed by atoms with E-state index in [4.69, 9.17) is 0 Å². The summed E-state index contributed by atoms with van der Waals surface area (Å²) in [6.07, 6.45) is 6.57. The van der Waals surface area contributed by atoms with Crippen LogP contribution in [0.3, 0.4) is 0 Å². The second-order valence-electron chi connectivity index (χ2n) is 3.45. The standard InChI is InChI=1S/C13H11NO2/c15-12-7-4-9-14(10-8-12)13(16)11-5-2-1-3-6-11/h1-6,8-10H,7H2. The first-order valence-corrected chi connectivity index (χ1v) is 5.03. The summed E-state index contributed by atoms with van der Waals surface area (Å²) < 4.78 is 0. The van der Waals surface area contributed by atoms with Crippen LogP contribution < -0.4 is 0 Å². The van der Waals surface area contributed by atoms with Crippen LogP contribution >= 0.6 is 0 Å². The Morgan fingerprint density at radius 3 is 2.62 bits per heavy atom. The van der Waals surface area contributed by atoms with Gasteiger partial charge in [0.2, 0.25) is 0 Å². The average molecular weight is 213 g/mol. The lowest BCUT2D eigenvalue weighted by molar-refractivity contribution is -0.113. The van der Waals surface area contributed by atoms with Gasteiger partial charge in [-0.3, -0.25) is 14.5 Å². The van der Waals surface area contributed by atoms with Crippen molar-refractivity contribution in [1.29, 1.82) is 0 Å². The number of carbonyl (C=O) groups excluding carboxylic acids is 2. The maximum absolute atomic E-state index is 12.0. The highest BCUT2D eigenvalue weighted by Crippen LogP contribution is 2.08. The number of rotatable bonds is 1. The Morgan fingerprint density at radius 1 is 1.12 bits per heavy atom. The van der Waals surface area contributed by atoms with Crippen LogP contribution in [0.25, 0.3) is 0 Å². The summed E-state index contributed by atoms with van der Waals surface area (Å²) in [5.74, 6) is -0.137. The largest absolute Gasteiger partial charge is 0.294 e. The van der Waals surface area contributed by atoms with Gasteiger partial charge in [0.1, 0.15) is 0 Å². The van der Waals surface area contributed by atoms with Crippen molar-refractivity contribution in [1.82, 2.24) is 4.90 Å². The lowest BCUT2D eigenvalue weighted by Crippen LogP contribution is -2.19. The van der Waals surface area contributed by atoms with E-state index in [1.165, 1.54) is 17.2 Å². The first-order valence-electron chi connectivity index (χ1n) is 5.03. The zero-order valence-electron chi connectivity index (χ0n) is 8.67. The third-order valence-corrected chi connectivity index (χ3v) is 2.26. The van der Waals surface area contributed by atoms with Gasteiger partial charge in [0.05, 0.1) is 0 Å². The lowest BCUT2D eigenvalue weighted by atomic mass is 10.2. The van der Waals surface area contributed by atoms with Crippen molar-refractivity contribution in [2.75, 3.05) is 0 Å². The van der Waals surface area contributed by atoms with Gasteiger partial charge in [0, 0.05) is 24.4 Å². The summed E-state index contributed by atoms with van der Waals surface area (Å²) in [7, 11) is 0. The Morgan fingerprint density at radius 2 is 1.88 bits per heavy atom. The van der Waals surface area contributed by atoms with Gasteiger partial charge in [-0.1, -0.05) is 24.3 Å². The molecule has 1 aromatic rings. The molecule has 0 saturated heterocycles. The third-order valence-electron chi connectivity index (χ3n) is 2.26. The van der Waals surface area contributed by atoms with E-state index >= 15 is 0 Å². The van der Waals surface area contributed by atoms with Crippen molar-refractivity contribution in [3.8, 4) is 0 Å². The maximum atomic E-state index is 12.0. The Labute approximate surface area is 93.7 Å². The summed E-state index contributed by atoms with van der Waals surface area (Å²) >= 11 is 0. The molecule has 0 saturated carbocycles. The van der Waals surface area contributed by atoms with Crippen LogP contribution in [0.1, 0.15) is 16.8 Å². The molecular weight excluding hydrogens is 202 g/mol. The molecular formula is C13H11NO2. The minimum Gasteiger partial charge on any atom is -0.294 e. The SMILES string of the molecule is O=C1C=CN(C(=O)c2ccccc2)C=CC1. The maximum Gasteiger partial charge on any atom is 0.261 e. The van der Waals surface area contributed by atoms with Gasteiger partial charge in [-0.05, 0) is 18.2 Å². The fourth-order valence-electron chi connectivity index (χ4n) is 1.43. The Bertz CT molecular complexity index is 460. The third kappa shape index (κ3) is 2.25. The monoisotopic (exact) mass is 213 g/mol. The second-order valence-corrected chi connectivity index (χ2v) is 3.45. The van der Waals surface area contributed by atoms with E-state index in [2.05, 4.69) is 0 Å². The van der Waals surface area contributed by atoms with Crippen LogP contribution in [0.5, 0.6) is 0 Å². The second kappa shape index (κ2) is 4.57. The molecule has 16 heavy (non-hydrogen) atoms. The van der Waals surface area contributed by atoms with E-state index < -0.39 is 0 Å². The van der Waals surface area contributed by atoms with Gasteiger partial charge in [0.25, 0.3) is 5.91 Å². The highest BCUT2D eigenvalue weighted by atomic mass is 16.2. The first kappa shape index (κ1) is 10.4. The number of benzene rings is 1. The molecule has 0 bridgehead atoms. The van der Waals surface area contributed by atoms with Crippen molar-refractivity contribution in [3.63, 3.8) is 0 Å². The van der Waals surface area contributed by atoms with Gasteiger partial charge in [-0.25, -0.2) is 0 Å². The topological polar surface area (TPSA) is 37.4 Å². The molecule has 0 N–H and O–H groups in total. The molecule has 0 aliphatic carbocycles. The molecule has 0 unspecified atom stereocenters. The molecule has 80 valence electrons. The number of ketones is 1. The van der Waals surface area contributed by atoms with Gasteiger partial charge >= 0.3 is 0 Å². The molecule has 1 aliphatic rings. The molecule has 3 nitrogen and oxygen atoms in total. The summed E-state index contributed by atoms with van der Waals surface area (Å²) in [6.45, 7) is 0. The number of amides is 1. The molecule has 1 amide bonds. The number of hydrogen-bond donors (Lipinski definition) is 0. The van der Waals surface area contributed by atoms with Crippen molar-refractivity contribution in [2.45, 2.75) is 6.42 Å².